The third-order valence-electron chi connectivity index (χ3n) is 2.38. The number of para-hydroxylation sites is 1. The molecule has 0 unspecified atom stereocenters. The largest absolute Gasteiger partial charge is 0.277 e. The second-order valence-corrected chi connectivity index (χ2v) is 5.23. The van der Waals surface area contributed by atoms with E-state index < -0.39 is 0 Å². The minimum Gasteiger partial charge on any atom is -0.277 e. The Balaban J connectivity index is 2.33. The van der Waals surface area contributed by atoms with E-state index in [1.165, 1.54) is 11.5 Å². The van der Waals surface area contributed by atoms with Crippen molar-refractivity contribution < 1.29 is 0 Å². The van der Waals surface area contributed by atoms with Gasteiger partial charge in [-0.15, -0.1) is 5.10 Å². The predicted octanol–water partition coefficient (Wildman–Crippen LogP) is 2.48. The molecule has 0 spiro atoms. The minimum absolute atomic E-state index is 0.0263. The Morgan fingerprint density at radius 1 is 1.24 bits per heavy atom. The molecule has 3 rings (SSSR count). The second-order valence-electron chi connectivity index (χ2n) is 3.51. The van der Waals surface area contributed by atoms with Gasteiger partial charge in [-0.3, -0.25) is 4.79 Å². The third-order valence-corrected chi connectivity index (χ3v) is 4.24. The zero-order chi connectivity index (χ0) is 11.8. The first-order valence-electron chi connectivity index (χ1n) is 4.95. The van der Waals surface area contributed by atoms with Gasteiger partial charge in [0.1, 0.15) is 9.88 Å². The summed E-state index contributed by atoms with van der Waals surface area (Å²) in [6.45, 7) is 1.87. The van der Waals surface area contributed by atoms with Gasteiger partial charge in [0, 0.05) is 0 Å². The van der Waals surface area contributed by atoms with E-state index in [4.69, 9.17) is 0 Å². The van der Waals surface area contributed by atoms with E-state index in [0.29, 0.717) is 10.4 Å². The molecule has 3 aromatic rings. The first-order chi connectivity index (χ1) is 8.25. The van der Waals surface area contributed by atoms with Gasteiger partial charge in [-0.25, -0.2) is 4.98 Å². The van der Waals surface area contributed by atoms with Crippen LogP contribution in [-0.4, -0.2) is 14.6 Å². The van der Waals surface area contributed by atoms with Crippen molar-refractivity contribution in [2.75, 3.05) is 0 Å². The average Bonchev–Trinajstić information content (AvgIpc) is 2.75. The molecular formula is C11H7N3OS2. The van der Waals surface area contributed by atoms with Crippen molar-refractivity contribution in [3.8, 4) is 9.88 Å². The molecule has 6 heteroatoms. The summed E-state index contributed by atoms with van der Waals surface area (Å²) in [4.78, 5) is 17.3. The highest BCUT2D eigenvalue weighted by Gasteiger charge is 2.11. The Morgan fingerprint density at radius 3 is 2.82 bits per heavy atom. The first-order valence-corrected chi connectivity index (χ1v) is 6.54. The fourth-order valence-electron chi connectivity index (χ4n) is 1.54. The molecule has 2 aromatic heterocycles. The Hall–Kier alpha value is -1.66. The lowest BCUT2D eigenvalue weighted by Crippen LogP contribution is -1.98. The van der Waals surface area contributed by atoms with Crippen LogP contribution < -0.4 is 4.74 Å². The molecule has 2 heterocycles. The molecule has 0 aliphatic heterocycles. The lowest BCUT2D eigenvalue weighted by atomic mass is 10.2. The number of aromatic nitrogens is 3. The molecule has 0 atom stereocenters. The van der Waals surface area contributed by atoms with E-state index in [0.717, 1.165) is 27.4 Å². The standard InChI is InChI=1S/C11H7N3OS2/c1-6-9(17-14-13-6)10-12-8-5-3-2-4-7(8)11(15)16-10/h2-5H,1H3. The van der Waals surface area contributed by atoms with Crippen molar-refractivity contribution in [1.82, 2.24) is 14.6 Å². The van der Waals surface area contributed by atoms with Crippen molar-refractivity contribution in [1.29, 1.82) is 0 Å². The molecule has 1 aromatic carbocycles. The van der Waals surface area contributed by atoms with Gasteiger partial charge < -0.3 is 0 Å². The van der Waals surface area contributed by atoms with Crippen LogP contribution in [0.15, 0.2) is 29.1 Å². The molecule has 0 aliphatic rings. The zero-order valence-electron chi connectivity index (χ0n) is 8.88. The Kier molecular flexibility index (Phi) is 2.45. The van der Waals surface area contributed by atoms with Gasteiger partial charge in [-0.05, 0) is 30.6 Å². The monoisotopic (exact) mass is 261 g/mol. The van der Waals surface area contributed by atoms with Crippen LogP contribution in [0.25, 0.3) is 20.8 Å². The normalized spacial score (nSPS) is 10.9. The molecule has 0 radical (unpaired) electrons. The molecule has 4 nitrogen and oxygen atoms in total. The molecule has 0 bridgehead atoms. The molecule has 0 saturated heterocycles. The molecule has 0 N–H and O–H groups in total. The smallest absolute Gasteiger partial charge is 0.243 e. The van der Waals surface area contributed by atoms with Crippen LogP contribution in [0.2, 0.25) is 0 Å². The zero-order valence-corrected chi connectivity index (χ0v) is 10.5. The van der Waals surface area contributed by atoms with Crippen molar-refractivity contribution in [2.24, 2.45) is 0 Å². The van der Waals surface area contributed by atoms with E-state index in [1.807, 2.05) is 25.1 Å². The summed E-state index contributed by atoms with van der Waals surface area (Å²) >= 11 is 2.41. The highest BCUT2D eigenvalue weighted by atomic mass is 32.1. The Bertz CT molecular complexity index is 748. The lowest BCUT2D eigenvalue weighted by Gasteiger charge is -1.98. The molecule has 0 aliphatic carbocycles. The van der Waals surface area contributed by atoms with Crippen LogP contribution in [-0.2, 0) is 0 Å². The predicted molar refractivity (Wildman–Crippen MR) is 69.5 cm³/mol. The maximum Gasteiger partial charge on any atom is 0.243 e. The van der Waals surface area contributed by atoms with Crippen molar-refractivity contribution in [2.45, 2.75) is 6.92 Å². The van der Waals surface area contributed by atoms with Gasteiger partial charge in [0.25, 0.3) is 0 Å². The van der Waals surface area contributed by atoms with Gasteiger partial charge in [0.15, 0.2) is 0 Å². The number of hydrogen-bond donors (Lipinski definition) is 0. The molecule has 84 valence electrons. The van der Waals surface area contributed by atoms with E-state index in [2.05, 4.69) is 14.6 Å². The Labute approximate surface area is 105 Å². The molecule has 0 saturated carbocycles. The lowest BCUT2D eigenvalue weighted by molar-refractivity contribution is 1.09. The number of fused-ring (bicyclic) bond motifs is 1. The summed E-state index contributed by atoms with van der Waals surface area (Å²) in [5.74, 6) is 0. The minimum atomic E-state index is 0.0263. The summed E-state index contributed by atoms with van der Waals surface area (Å²) in [6.07, 6.45) is 0. The number of rotatable bonds is 1. The van der Waals surface area contributed by atoms with Crippen molar-refractivity contribution >= 4 is 33.8 Å². The van der Waals surface area contributed by atoms with Gasteiger partial charge >= 0.3 is 0 Å². The van der Waals surface area contributed by atoms with Crippen LogP contribution in [0.5, 0.6) is 0 Å². The summed E-state index contributed by atoms with van der Waals surface area (Å²) in [6, 6.07) is 7.36. The summed E-state index contributed by atoms with van der Waals surface area (Å²) in [7, 11) is 0. The topological polar surface area (TPSA) is 55.7 Å². The fourth-order valence-corrected chi connectivity index (χ4v) is 3.16. The van der Waals surface area contributed by atoms with Gasteiger partial charge in [-0.1, -0.05) is 28.0 Å². The van der Waals surface area contributed by atoms with Crippen molar-refractivity contribution in [3.05, 3.63) is 39.5 Å². The van der Waals surface area contributed by atoms with E-state index in [-0.39, 0.29) is 4.74 Å². The summed E-state index contributed by atoms with van der Waals surface area (Å²) < 4.78 is 3.89. The van der Waals surface area contributed by atoms with Gasteiger partial charge in [0.2, 0.25) is 4.74 Å². The summed E-state index contributed by atoms with van der Waals surface area (Å²) in [5.41, 5.74) is 1.53. The van der Waals surface area contributed by atoms with E-state index >= 15 is 0 Å². The van der Waals surface area contributed by atoms with E-state index in [1.54, 1.807) is 6.07 Å². The number of benzene rings is 1. The molecule has 0 fully saturated rings. The van der Waals surface area contributed by atoms with Gasteiger partial charge in [0.05, 0.1) is 16.6 Å². The fraction of sp³-hybridized carbons (Fsp3) is 0.0909. The number of aryl methyl sites for hydroxylation is 1. The highest BCUT2D eigenvalue weighted by Crippen LogP contribution is 2.26. The Morgan fingerprint density at radius 2 is 2.06 bits per heavy atom. The molecule has 17 heavy (non-hydrogen) atoms. The highest BCUT2D eigenvalue weighted by molar-refractivity contribution is 7.18. The third kappa shape index (κ3) is 1.75. The van der Waals surface area contributed by atoms with Crippen molar-refractivity contribution in [3.63, 3.8) is 0 Å². The quantitative estimate of drug-likeness (QED) is 0.675. The van der Waals surface area contributed by atoms with Gasteiger partial charge in [-0.2, -0.15) is 0 Å². The average molecular weight is 261 g/mol. The van der Waals surface area contributed by atoms with Crippen LogP contribution in [0.1, 0.15) is 5.69 Å². The van der Waals surface area contributed by atoms with Crippen LogP contribution in [0, 0.1) is 6.92 Å². The van der Waals surface area contributed by atoms with Crippen LogP contribution in [0.3, 0.4) is 0 Å². The number of nitrogens with zero attached hydrogens (tertiary/aromatic N) is 3. The second kappa shape index (κ2) is 3.97. The van der Waals surface area contributed by atoms with Crippen LogP contribution in [0.4, 0.5) is 0 Å². The molecular weight excluding hydrogens is 254 g/mol. The maximum atomic E-state index is 11.9. The summed E-state index contributed by atoms with van der Waals surface area (Å²) in [5, 5.41) is 5.29. The first kappa shape index (κ1) is 10.5. The van der Waals surface area contributed by atoms with Crippen LogP contribution >= 0.6 is 22.9 Å². The van der Waals surface area contributed by atoms with E-state index in [9.17, 15) is 4.79 Å². The maximum absolute atomic E-state index is 11.9. The number of hydrogen-bond acceptors (Lipinski definition) is 6. The SMILES string of the molecule is Cc1nnsc1-c1nc2ccccc2c(=O)s1. The molecule has 0 amide bonds.